The summed E-state index contributed by atoms with van der Waals surface area (Å²) in [4.78, 5) is 0. The van der Waals surface area contributed by atoms with Gasteiger partial charge in [0, 0.05) is 12.8 Å². The van der Waals surface area contributed by atoms with Gasteiger partial charge in [-0.2, -0.15) is 0 Å². The van der Waals surface area contributed by atoms with Crippen LogP contribution >= 0.6 is 0 Å². The maximum atomic E-state index is 12.1. The summed E-state index contributed by atoms with van der Waals surface area (Å²) in [6.07, 6.45) is 6.04. The van der Waals surface area contributed by atoms with Gasteiger partial charge in [-0.25, -0.2) is 13.0 Å². The molecule has 0 radical (unpaired) electrons. The highest BCUT2D eigenvalue weighted by atomic mass is 32.2. The van der Waals surface area contributed by atoms with E-state index in [1.165, 1.54) is 12.8 Å². The van der Waals surface area contributed by atoms with Crippen LogP contribution in [0.5, 0.6) is 0 Å². The molecule has 2 rings (SSSR count). The van der Waals surface area contributed by atoms with E-state index in [-0.39, 0.29) is 5.25 Å². The molecular formula is C11H20NO2S+. The SMILES string of the molecule is CC(C)(C=[N+]1CCCC1)S(=O)(=O)C1CC1. The van der Waals surface area contributed by atoms with Gasteiger partial charge in [-0.3, -0.25) is 0 Å². The van der Waals surface area contributed by atoms with Gasteiger partial charge in [-0.1, -0.05) is 0 Å². The lowest BCUT2D eigenvalue weighted by Gasteiger charge is -2.17. The average molecular weight is 230 g/mol. The average Bonchev–Trinajstić information content (AvgIpc) is 2.87. The van der Waals surface area contributed by atoms with Crippen LogP contribution in [0.4, 0.5) is 0 Å². The van der Waals surface area contributed by atoms with E-state index in [1.54, 1.807) is 0 Å². The first-order chi connectivity index (χ1) is 6.93. The van der Waals surface area contributed by atoms with Gasteiger partial charge in [0.05, 0.1) is 5.25 Å². The van der Waals surface area contributed by atoms with E-state index in [2.05, 4.69) is 4.58 Å². The predicted molar refractivity (Wildman–Crippen MR) is 61.3 cm³/mol. The lowest BCUT2D eigenvalue weighted by atomic mass is 10.2. The van der Waals surface area contributed by atoms with Crippen molar-refractivity contribution in [3.8, 4) is 0 Å². The fourth-order valence-electron chi connectivity index (χ4n) is 2.19. The molecule has 2 aliphatic rings. The number of hydrogen-bond acceptors (Lipinski definition) is 2. The van der Waals surface area contributed by atoms with Gasteiger partial charge < -0.3 is 0 Å². The molecule has 1 aliphatic carbocycles. The van der Waals surface area contributed by atoms with Crippen LogP contribution < -0.4 is 0 Å². The van der Waals surface area contributed by atoms with Crippen molar-refractivity contribution in [2.45, 2.75) is 49.5 Å². The zero-order valence-corrected chi connectivity index (χ0v) is 10.4. The number of rotatable bonds is 3. The molecule has 86 valence electrons. The topological polar surface area (TPSA) is 37.1 Å². The molecule has 1 heterocycles. The van der Waals surface area contributed by atoms with Crippen LogP contribution in [0.15, 0.2) is 0 Å². The summed E-state index contributed by atoms with van der Waals surface area (Å²) in [5, 5.41) is -0.0636. The second kappa shape index (κ2) is 3.58. The van der Waals surface area contributed by atoms with Crippen LogP contribution in [0, 0.1) is 0 Å². The summed E-state index contributed by atoms with van der Waals surface area (Å²) in [5.74, 6) is 0. The lowest BCUT2D eigenvalue weighted by Crippen LogP contribution is -2.39. The monoisotopic (exact) mass is 230 g/mol. The lowest BCUT2D eigenvalue weighted by molar-refractivity contribution is -0.502. The smallest absolute Gasteiger partial charge is 0.167 e. The molecule has 1 saturated heterocycles. The second-order valence-corrected chi connectivity index (χ2v) is 8.03. The van der Waals surface area contributed by atoms with Crippen molar-refractivity contribution in [2.24, 2.45) is 0 Å². The van der Waals surface area contributed by atoms with Gasteiger partial charge in [0.1, 0.15) is 17.8 Å². The Morgan fingerprint density at radius 1 is 1.20 bits per heavy atom. The third kappa shape index (κ3) is 2.10. The molecule has 2 fully saturated rings. The summed E-state index contributed by atoms with van der Waals surface area (Å²) in [7, 11) is -2.95. The van der Waals surface area contributed by atoms with Crippen LogP contribution in [0.2, 0.25) is 0 Å². The summed E-state index contributed by atoms with van der Waals surface area (Å²) in [5.41, 5.74) is 0. The van der Waals surface area contributed by atoms with Crippen molar-refractivity contribution in [1.29, 1.82) is 0 Å². The van der Waals surface area contributed by atoms with Crippen LogP contribution in [-0.4, -0.2) is 42.3 Å². The molecule has 0 aromatic rings. The molecule has 0 unspecified atom stereocenters. The zero-order chi connectivity index (χ0) is 11.1. The highest BCUT2D eigenvalue weighted by molar-refractivity contribution is 7.94. The Kier molecular flexibility index (Phi) is 2.65. The summed E-state index contributed by atoms with van der Waals surface area (Å²) >= 11 is 0. The van der Waals surface area contributed by atoms with Gasteiger partial charge in [0.15, 0.2) is 16.1 Å². The van der Waals surface area contributed by atoms with E-state index in [0.717, 1.165) is 25.9 Å². The van der Waals surface area contributed by atoms with E-state index >= 15 is 0 Å². The fourth-order valence-corrected chi connectivity index (χ4v) is 4.10. The number of nitrogens with zero attached hydrogens (tertiary/aromatic N) is 1. The van der Waals surface area contributed by atoms with Crippen molar-refractivity contribution < 1.29 is 13.0 Å². The Morgan fingerprint density at radius 2 is 1.73 bits per heavy atom. The number of sulfone groups is 1. The molecule has 15 heavy (non-hydrogen) atoms. The summed E-state index contributed by atoms with van der Waals surface area (Å²) in [6.45, 7) is 5.70. The van der Waals surface area contributed by atoms with Gasteiger partial charge in [-0.15, -0.1) is 0 Å². The highest BCUT2D eigenvalue weighted by Crippen LogP contribution is 2.35. The molecular weight excluding hydrogens is 210 g/mol. The first kappa shape index (κ1) is 11.1. The molecule has 3 nitrogen and oxygen atoms in total. The Labute approximate surface area is 92.1 Å². The van der Waals surface area contributed by atoms with Crippen molar-refractivity contribution in [1.82, 2.24) is 0 Å². The molecule has 0 aromatic carbocycles. The maximum Gasteiger partial charge on any atom is 0.167 e. The van der Waals surface area contributed by atoms with E-state index in [0.29, 0.717) is 0 Å². The quantitative estimate of drug-likeness (QED) is 0.684. The zero-order valence-electron chi connectivity index (χ0n) is 9.57. The third-order valence-electron chi connectivity index (χ3n) is 3.33. The van der Waals surface area contributed by atoms with Crippen LogP contribution in [0.3, 0.4) is 0 Å². The minimum Gasteiger partial charge on any atom is -0.238 e. The molecule has 0 bridgehead atoms. The van der Waals surface area contributed by atoms with Gasteiger partial charge in [0.2, 0.25) is 0 Å². The fraction of sp³-hybridized carbons (Fsp3) is 0.909. The van der Waals surface area contributed by atoms with Crippen molar-refractivity contribution in [3.05, 3.63) is 0 Å². The van der Waals surface area contributed by atoms with Crippen molar-refractivity contribution in [2.75, 3.05) is 13.1 Å². The third-order valence-corrected chi connectivity index (χ3v) is 6.25. The van der Waals surface area contributed by atoms with Crippen LogP contribution in [0.25, 0.3) is 0 Å². The largest absolute Gasteiger partial charge is 0.238 e. The highest BCUT2D eigenvalue weighted by Gasteiger charge is 2.47. The number of hydrogen-bond donors (Lipinski definition) is 0. The van der Waals surface area contributed by atoms with Gasteiger partial charge >= 0.3 is 0 Å². The van der Waals surface area contributed by atoms with Crippen molar-refractivity contribution in [3.63, 3.8) is 0 Å². The van der Waals surface area contributed by atoms with Gasteiger partial charge in [-0.05, 0) is 26.7 Å². The van der Waals surface area contributed by atoms with Crippen LogP contribution in [-0.2, 0) is 9.84 Å². The molecule has 0 atom stereocenters. The van der Waals surface area contributed by atoms with Gasteiger partial charge in [0.25, 0.3) is 0 Å². The Balaban J connectivity index is 2.21. The first-order valence-electron chi connectivity index (χ1n) is 5.77. The molecule has 1 saturated carbocycles. The summed E-state index contributed by atoms with van der Waals surface area (Å²) in [6, 6.07) is 0. The van der Waals surface area contributed by atoms with E-state index in [9.17, 15) is 8.42 Å². The molecule has 0 aromatic heterocycles. The van der Waals surface area contributed by atoms with Crippen molar-refractivity contribution >= 4 is 16.1 Å². The molecule has 4 heteroatoms. The summed E-state index contributed by atoms with van der Waals surface area (Å²) < 4.78 is 25.8. The molecule has 0 N–H and O–H groups in total. The minimum absolute atomic E-state index is 0.0636. The Morgan fingerprint density at radius 3 is 2.20 bits per heavy atom. The minimum atomic E-state index is -2.95. The maximum absolute atomic E-state index is 12.1. The molecule has 1 aliphatic heterocycles. The normalized spacial score (nSPS) is 23.2. The Hall–Kier alpha value is -0.380. The molecule has 0 spiro atoms. The molecule has 0 amide bonds. The Bertz CT molecular complexity index is 369. The standard InChI is InChI=1S/C11H20NO2S/c1-11(2,9-12-7-3-4-8-12)15(13,14)10-5-6-10/h9-10H,3-8H2,1-2H3/q+1. The first-order valence-corrected chi connectivity index (χ1v) is 7.32. The van der Waals surface area contributed by atoms with E-state index < -0.39 is 14.6 Å². The predicted octanol–water partition coefficient (Wildman–Crippen LogP) is 1.22. The van der Waals surface area contributed by atoms with Crippen LogP contribution in [0.1, 0.15) is 39.5 Å². The second-order valence-electron chi connectivity index (χ2n) is 5.22. The van der Waals surface area contributed by atoms with E-state index in [4.69, 9.17) is 0 Å². The van der Waals surface area contributed by atoms with E-state index in [1.807, 2.05) is 20.1 Å².